The maximum Gasteiger partial charge on any atom is 0.244 e. The predicted octanol–water partition coefficient (Wildman–Crippen LogP) is 2.56. The molecule has 0 spiro atoms. The van der Waals surface area contributed by atoms with Gasteiger partial charge in [-0.15, -0.1) is 0 Å². The Hall–Kier alpha value is -2.33. The van der Waals surface area contributed by atoms with Crippen molar-refractivity contribution in [3.05, 3.63) is 47.0 Å². The molecule has 0 unspecified atom stereocenters. The first-order valence-corrected chi connectivity index (χ1v) is 11.0. The third-order valence-electron chi connectivity index (χ3n) is 4.62. The van der Waals surface area contributed by atoms with Crippen molar-refractivity contribution in [1.82, 2.24) is 4.31 Å². The topological polar surface area (TPSA) is 94.2 Å². The normalized spacial score (nSPS) is 14.9. The third kappa shape index (κ3) is 5.04. The molecule has 1 aliphatic rings. The first kappa shape index (κ1) is 22.4. The number of benzene rings is 2. The van der Waals surface area contributed by atoms with E-state index < -0.39 is 10.0 Å². The summed E-state index contributed by atoms with van der Waals surface area (Å²) >= 11 is 6.15. The Bertz CT molecular complexity index is 1020. The number of amides is 1. The van der Waals surface area contributed by atoms with Gasteiger partial charge in [0.1, 0.15) is 4.90 Å². The van der Waals surface area contributed by atoms with E-state index in [-0.39, 0.29) is 35.3 Å². The van der Waals surface area contributed by atoms with Crippen LogP contribution in [-0.4, -0.2) is 59.2 Å². The number of morpholine rings is 1. The summed E-state index contributed by atoms with van der Waals surface area (Å²) in [6.45, 7) is 1.18. The zero-order valence-electron chi connectivity index (χ0n) is 16.7. The van der Waals surface area contributed by atoms with Crippen LogP contribution in [0.25, 0.3) is 0 Å². The molecule has 2 aromatic rings. The van der Waals surface area contributed by atoms with Crippen molar-refractivity contribution >= 4 is 33.2 Å². The first-order chi connectivity index (χ1) is 14.3. The number of hydrogen-bond donors (Lipinski definition) is 1. The van der Waals surface area contributed by atoms with Gasteiger partial charge in [-0.1, -0.05) is 17.7 Å². The van der Waals surface area contributed by atoms with Crippen LogP contribution < -0.4 is 14.8 Å². The first-order valence-electron chi connectivity index (χ1n) is 9.23. The van der Waals surface area contributed by atoms with Gasteiger partial charge in [0.2, 0.25) is 15.9 Å². The summed E-state index contributed by atoms with van der Waals surface area (Å²) in [5.41, 5.74) is 1.07. The minimum Gasteiger partial charge on any atom is -0.493 e. The smallest absolute Gasteiger partial charge is 0.244 e. The molecule has 0 radical (unpaired) electrons. The lowest BCUT2D eigenvalue weighted by molar-refractivity contribution is -0.115. The molecule has 3 rings (SSSR count). The van der Waals surface area contributed by atoms with Crippen LogP contribution in [0.1, 0.15) is 5.56 Å². The van der Waals surface area contributed by atoms with Crippen LogP contribution >= 0.6 is 11.6 Å². The summed E-state index contributed by atoms with van der Waals surface area (Å²) in [6, 6.07) is 9.59. The van der Waals surface area contributed by atoms with Crippen LogP contribution in [0.4, 0.5) is 5.69 Å². The Balaban J connectivity index is 1.76. The lowest BCUT2D eigenvalue weighted by Crippen LogP contribution is -2.40. The van der Waals surface area contributed by atoms with Crippen molar-refractivity contribution in [2.24, 2.45) is 0 Å². The molecular formula is C20H23ClN2O6S. The third-order valence-corrected chi connectivity index (χ3v) is 7.00. The average Bonchev–Trinajstić information content (AvgIpc) is 2.75. The number of hydrogen-bond acceptors (Lipinski definition) is 6. The van der Waals surface area contributed by atoms with E-state index in [4.69, 9.17) is 25.8 Å². The van der Waals surface area contributed by atoms with Crippen LogP contribution in [0.5, 0.6) is 11.5 Å². The maximum atomic E-state index is 12.9. The number of rotatable bonds is 7. The van der Waals surface area contributed by atoms with Crippen LogP contribution in [0.3, 0.4) is 0 Å². The molecule has 1 amide bonds. The van der Waals surface area contributed by atoms with E-state index in [2.05, 4.69) is 5.32 Å². The standard InChI is InChI=1S/C20H23ClN2O6S/c1-27-17-6-3-14(11-18(17)28-2)12-20(24)22-15-4-5-16(21)19(13-15)30(25,26)23-7-9-29-10-8-23/h3-6,11,13H,7-10,12H2,1-2H3,(H,22,24). The number of nitrogens with one attached hydrogen (secondary N) is 1. The highest BCUT2D eigenvalue weighted by Gasteiger charge is 2.28. The molecule has 0 bridgehead atoms. The Labute approximate surface area is 180 Å². The lowest BCUT2D eigenvalue weighted by Gasteiger charge is -2.26. The molecule has 0 atom stereocenters. The summed E-state index contributed by atoms with van der Waals surface area (Å²) in [6.07, 6.45) is 0.0779. The van der Waals surface area contributed by atoms with Crippen molar-refractivity contribution < 1.29 is 27.4 Å². The quantitative estimate of drug-likeness (QED) is 0.691. The molecule has 0 aromatic heterocycles. The second-order valence-electron chi connectivity index (χ2n) is 6.58. The highest BCUT2D eigenvalue weighted by Crippen LogP contribution is 2.29. The van der Waals surface area contributed by atoms with Gasteiger partial charge in [0.25, 0.3) is 0 Å². The Morgan fingerprint density at radius 1 is 1.10 bits per heavy atom. The fourth-order valence-electron chi connectivity index (χ4n) is 3.09. The molecule has 162 valence electrons. The van der Waals surface area contributed by atoms with E-state index in [0.29, 0.717) is 30.4 Å². The number of sulfonamides is 1. The van der Waals surface area contributed by atoms with Gasteiger partial charge < -0.3 is 19.5 Å². The van der Waals surface area contributed by atoms with Crippen LogP contribution in [0.15, 0.2) is 41.3 Å². The molecule has 8 nitrogen and oxygen atoms in total. The Morgan fingerprint density at radius 2 is 1.80 bits per heavy atom. The number of halogens is 1. The molecule has 30 heavy (non-hydrogen) atoms. The summed E-state index contributed by atoms with van der Waals surface area (Å²) < 4.78 is 42.8. The fraction of sp³-hybridized carbons (Fsp3) is 0.350. The molecule has 1 aliphatic heterocycles. The Morgan fingerprint density at radius 3 is 2.47 bits per heavy atom. The van der Waals surface area contributed by atoms with Gasteiger partial charge >= 0.3 is 0 Å². The van der Waals surface area contributed by atoms with Gasteiger partial charge in [0.15, 0.2) is 11.5 Å². The van der Waals surface area contributed by atoms with Crippen molar-refractivity contribution in [3.63, 3.8) is 0 Å². The fourth-order valence-corrected chi connectivity index (χ4v) is 4.99. The number of carbonyl (C=O) groups excluding carboxylic acids is 1. The monoisotopic (exact) mass is 454 g/mol. The average molecular weight is 455 g/mol. The minimum atomic E-state index is -3.79. The summed E-state index contributed by atoms with van der Waals surface area (Å²) in [4.78, 5) is 12.4. The minimum absolute atomic E-state index is 0.0463. The number of carbonyl (C=O) groups is 1. The number of methoxy groups -OCH3 is 2. The van der Waals surface area contributed by atoms with E-state index >= 15 is 0 Å². The highest BCUT2D eigenvalue weighted by molar-refractivity contribution is 7.89. The van der Waals surface area contributed by atoms with E-state index in [9.17, 15) is 13.2 Å². The molecule has 1 saturated heterocycles. The van der Waals surface area contributed by atoms with Crippen molar-refractivity contribution in [1.29, 1.82) is 0 Å². The molecule has 2 aromatic carbocycles. The van der Waals surface area contributed by atoms with Crippen molar-refractivity contribution in [2.75, 3.05) is 45.8 Å². The zero-order valence-corrected chi connectivity index (χ0v) is 18.3. The van der Waals surface area contributed by atoms with Crippen molar-refractivity contribution in [2.45, 2.75) is 11.3 Å². The van der Waals surface area contributed by atoms with E-state index in [1.54, 1.807) is 24.3 Å². The van der Waals surface area contributed by atoms with Gasteiger partial charge in [0, 0.05) is 18.8 Å². The Kier molecular flexibility index (Phi) is 7.19. The predicted molar refractivity (Wildman–Crippen MR) is 113 cm³/mol. The molecule has 10 heteroatoms. The van der Waals surface area contributed by atoms with Gasteiger partial charge in [0.05, 0.1) is 38.9 Å². The zero-order chi connectivity index (χ0) is 21.7. The summed E-state index contributed by atoms with van der Waals surface area (Å²) in [5, 5.41) is 2.82. The molecule has 1 heterocycles. The number of ether oxygens (including phenoxy) is 3. The van der Waals surface area contributed by atoms with Gasteiger partial charge in [-0.05, 0) is 35.9 Å². The molecule has 0 saturated carbocycles. The second-order valence-corrected chi connectivity index (χ2v) is 8.89. The van der Waals surface area contributed by atoms with E-state index in [1.165, 1.54) is 30.7 Å². The summed E-state index contributed by atoms with van der Waals surface area (Å²) in [5.74, 6) is 0.782. The van der Waals surface area contributed by atoms with Crippen LogP contribution in [-0.2, 0) is 26.0 Å². The lowest BCUT2D eigenvalue weighted by atomic mass is 10.1. The van der Waals surface area contributed by atoms with Gasteiger partial charge in [-0.2, -0.15) is 4.31 Å². The van der Waals surface area contributed by atoms with E-state index in [0.717, 1.165) is 5.56 Å². The maximum absolute atomic E-state index is 12.9. The number of nitrogens with zero attached hydrogens (tertiary/aromatic N) is 1. The molecule has 1 N–H and O–H groups in total. The highest BCUT2D eigenvalue weighted by atomic mass is 35.5. The van der Waals surface area contributed by atoms with Crippen molar-refractivity contribution in [3.8, 4) is 11.5 Å². The van der Waals surface area contributed by atoms with Crippen LogP contribution in [0, 0.1) is 0 Å². The van der Waals surface area contributed by atoms with Gasteiger partial charge in [-0.25, -0.2) is 8.42 Å². The molecule has 1 fully saturated rings. The summed E-state index contributed by atoms with van der Waals surface area (Å²) in [7, 11) is -0.732. The SMILES string of the molecule is COc1ccc(CC(=O)Nc2ccc(Cl)c(S(=O)(=O)N3CCOCC3)c2)cc1OC. The van der Waals surface area contributed by atoms with Gasteiger partial charge in [-0.3, -0.25) is 4.79 Å². The van der Waals surface area contributed by atoms with Crippen LogP contribution in [0.2, 0.25) is 5.02 Å². The molecular weight excluding hydrogens is 432 g/mol. The molecule has 0 aliphatic carbocycles. The number of anilines is 1. The van der Waals surface area contributed by atoms with E-state index in [1.807, 2.05) is 0 Å². The second kappa shape index (κ2) is 9.65. The largest absolute Gasteiger partial charge is 0.493 e.